The number of nitrogen functional groups attached to an aromatic ring is 1. The molecule has 2 rings (SSSR count). The molecule has 1 saturated carbocycles. The number of rotatable bonds is 1. The number of nitrogens with zero attached hydrogens (tertiary/aromatic N) is 2. The van der Waals surface area contributed by atoms with Crippen molar-refractivity contribution >= 4 is 5.82 Å². The van der Waals surface area contributed by atoms with Crippen LogP contribution in [0.1, 0.15) is 50.1 Å². The van der Waals surface area contributed by atoms with Crippen LogP contribution in [-0.4, -0.2) is 9.78 Å². The summed E-state index contributed by atoms with van der Waals surface area (Å²) in [4.78, 5) is 0. The Kier molecular flexibility index (Phi) is 2.93. The van der Waals surface area contributed by atoms with E-state index in [2.05, 4.69) is 5.10 Å². The average molecular weight is 211 g/mol. The second-order valence-corrected chi connectivity index (χ2v) is 4.40. The van der Waals surface area contributed by atoms with Crippen LogP contribution < -0.4 is 5.73 Å². The molecular formula is C11H18FN3. The quantitative estimate of drug-likeness (QED) is 0.725. The normalized spacial score (nSPS) is 19.1. The van der Waals surface area contributed by atoms with Gasteiger partial charge in [0.25, 0.3) is 0 Å². The van der Waals surface area contributed by atoms with Gasteiger partial charge in [0.05, 0.1) is 0 Å². The Balaban J connectivity index is 2.23. The molecular weight excluding hydrogens is 193 g/mol. The highest BCUT2D eigenvalue weighted by Gasteiger charge is 2.23. The van der Waals surface area contributed by atoms with Gasteiger partial charge in [-0.15, -0.1) is 0 Å². The van der Waals surface area contributed by atoms with Crippen LogP contribution in [0.4, 0.5) is 10.2 Å². The second kappa shape index (κ2) is 4.21. The Hall–Kier alpha value is -1.06. The highest BCUT2D eigenvalue weighted by atomic mass is 19.1. The first-order chi connectivity index (χ1) is 7.20. The van der Waals surface area contributed by atoms with Crippen LogP contribution in [0.2, 0.25) is 0 Å². The van der Waals surface area contributed by atoms with Crippen molar-refractivity contribution in [3.63, 3.8) is 0 Å². The Morgan fingerprint density at radius 2 is 1.87 bits per heavy atom. The predicted octanol–water partition coefficient (Wildman–Crippen LogP) is 2.58. The molecule has 84 valence electrons. The molecule has 3 nitrogen and oxygen atoms in total. The molecule has 15 heavy (non-hydrogen) atoms. The first-order valence-corrected chi connectivity index (χ1v) is 5.68. The van der Waals surface area contributed by atoms with Crippen LogP contribution in [0.5, 0.6) is 0 Å². The summed E-state index contributed by atoms with van der Waals surface area (Å²) in [5.41, 5.74) is 6.15. The zero-order valence-corrected chi connectivity index (χ0v) is 9.17. The molecule has 0 atom stereocenters. The van der Waals surface area contributed by atoms with Gasteiger partial charge in [-0.3, -0.25) is 4.68 Å². The summed E-state index contributed by atoms with van der Waals surface area (Å²) in [5.74, 6) is 0.134. The van der Waals surface area contributed by atoms with E-state index in [0.29, 0.717) is 5.69 Å². The fourth-order valence-electron chi connectivity index (χ4n) is 2.35. The average Bonchev–Trinajstić information content (AvgIpc) is 2.51. The number of aromatic nitrogens is 2. The van der Waals surface area contributed by atoms with Gasteiger partial charge >= 0.3 is 0 Å². The Morgan fingerprint density at radius 3 is 2.33 bits per heavy atom. The fraction of sp³-hybridized carbons (Fsp3) is 0.727. The first kappa shape index (κ1) is 10.5. The van der Waals surface area contributed by atoms with Crippen LogP contribution in [0.15, 0.2) is 0 Å². The van der Waals surface area contributed by atoms with E-state index in [0.717, 1.165) is 12.8 Å². The van der Waals surface area contributed by atoms with E-state index in [1.54, 1.807) is 7.05 Å². The van der Waals surface area contributed by atoms with Crippen LogP contribution in [-0.2, 0) is 7.05 Å². The third-order valence-corrected chi connectivity index (χ3v) is 3.30. The van der Waals surface area contributed by atoms with Crippen LogP contribution in [0, 0.1) is 5.82 Å². The molecule has 0 bridgehead atoms. The van der Waals surface area contributed by atoms with Crippen molar-refractivity contribution in [2.24, 2.45) is 7.05 Å². The van der Waals surface area contributed by atoms with Gasteiger partial charge in [0.15, 0.2) is 11.6 Å². The monoisotopic (exact) mass is 211 g/mol. The largest absolute Gasteiger partial charge is 0.381 e. The predicted molar refractivity (Wildman–Crippen MR) is 58.0 cm³/mol. The lowest BCUT2D eigenvalue weighted by atomic mass is 9.96. The minimum absolute atomic E-state index is 0.161. The molecule has 4 heteroatoms. The number of hydrogen-bond donors (Lipinski definition) is 1. The summed E-state index contributed by atoms with van der Waals surface area (Å²) in [6.07, 6.45) is 6.99. The Labute approximate surface area is 89.5 Å². The van der Waals surface area contributed by atoms with E-state index in [1.165, 1.54) is 30.4 Å². The van der Waals surface area contributed by atoms with Crippen LogP contribution in [0.25, 0.3) is 0 Å². The number of anilines is 1. The summed E-state index contributed by atoms with van der Waals surface area (Å²) < 4.78 is 15.2. The van der Waals surface area contributed by atoms with Crippen molar-refractivity contribution in [3.8, 4) is 0 Å². The third kappa shape index (κ3) is 1.98. The van der Waals surface area contributed by atoms with E-state index in [1.807, 2.05) is 0 Å². The second-order valence-electron chi connectivity index (χ2n) is 4.40. The molecule has 0 aromatic carbocycles. The van der Waals surface area contributed by atoms with E-state index in [9.17, 15) is 4.39 Å². The van der Waals surface area contributed by atoms with Crippen LogP contribution in [0.3, 0.4) is 0 Å². The molecule has 1 aromatic rings. The maximum Gasteiger partial charge on any atom is 0.188 e. The van der Waals surface area contributed by atoms with Gasteiger partial charge in [0.1, 0.15) is 5.69 Å². The van der Waals surface area contributed by atoms with Gasteiger partial charge in [-0.25, -0.2) is 4.39 Å². The fourth-order valence-corrected chi connectivity index (χ4v) is 2.35. The molecule has 0 aliphatic heterocycles. The van der Waals surface area contributed by atoms with Gasteiger partial charge in [0, 0.05) is 13.0 Å². The van der Waals surface area contributed by atoms with Crippen molar-refractivity contribution in [2.45, 2.75) is 44.4 Å². The smallest absolute Gasteiger partial charge is 0.188 e. The molecule has 0 spiro atoms. The Morgan fingerprint density at radius 1 is 1.27 bits per heavy atom. The maximum atomic E-state index is 13.7. The zero-order chi connectivity index (χ0) is 10.8. The van der Waals surface area contributed by atoms with Gasteiger partial charge < -0.3 is 5.73 Å². The maximum absolute atomic E-state index is 13.7. The lowest BCUT2D eigenvalue weighted by Gasteiger charge is -2.10. The molecule has 1 aliphatic rings. The standard InChI is InChI=1S/C11H18FN3/c1-15-11(13)9(12)10(14-15)8-6-4-2-3-5-7-8/h8H,2-7,13H2,1H3. The SMILES string of the molecule is Cn1nc(C2CCCCCC2)c(F)c1N. The van der Waals surface area contributed by atoms with Crippen molar-refractivity contribution in [1.29, 1.82) is 0 Å². The number of halogens is 1. The van der Waals surface area contributed by atoms with Crippen molar-refractivity contribution in [2.75, 3.05) is 5.73 Å². The van der Waals surface area contributed by atoms with E-state index in [4.69, 9.17) is 5.73 Å². The third-order valence-electron chi connectivity index (χ3n) is 3.30. The molecule has 0 saturated heterocycles. The molecule has 0 unspecified atom stereocenters. The number of hydrogen-bond acceptors (Lipinski definition) is 2. The molecule has 1 heterocycles. The topological polar surface area (TPSA) is 43.8 Å². The summed E-state index contributed by atoms with van der Waals surface area (Å²) >= 11 is 0. The van der Waals surface area contributed by atoms with Crippen LogP contribution >= 0.6 is 0 Å². The van der Waals surface area contributed by atoms with E-state index >= 15 is 0 Å². The molecule has 1 aliphatic carbocycles. The summed E-state index contributed by atoms with van der Waals surface area (Å²) in [6.45, 7) is 0. The first-order valence-electron chi connectivity index (χ1n) is 5.68. The summed E-state index contributed by atoms with van der Waals surface area (Å²) in [5, 5.41) is 4.19. The minimum atomic E-state index is -0.301. The van der Waals surface area contributed by atoms with Crippen molar-refractivity contribution < 1.29 is 4.39 Å². The highest BCUT2D eigenvalue weighted by molar-refractivity contribution is 5.34. The molecule has 0 amide bonds. The lowest BCUT2D eigenvalue weighted by molar-refractivity contribution is 0.527. The Bertz CT molecular complexity index is 338. The zero-order valence-electron chi connectivity index (χ0n) is 9.17. The summed E-state index contributed by atoms with van der Waals surface area (Å²) in [6, 6.07) is 0. The van der Waals surface area contributed by atoms with Crippen molar-refractivity contribution in [1.82, 2.24) is 9.78 Å². The molecule has 2 N–H and O–H groups in total. The lowest BCUT2D eigenvalue weighted by Crippen LogP contribution is -2.01. The number of nitrogens with two attached hydrogens (primary N) is 1. The van der Waals surface area contributed by atoms with Crippen molar-refractivity contribution in [3.05, 3.63) is 11.5 Å². The molecule has 1 aromatic heterocycles. The van der Waals surface area contributed by atoms with E-state index in [-0.39, 0.29) is 17.6 Å². The molecule has 1 fully saturated rings. The highest BCUT2D eigenvalue weighted by Crippen LogP contribution is 2.33. The van der Waals surface area contributed by atoms with Gasteiger partial charge in [-0.2, -0.15) is 5.10 Å². The van der Waals surface area contributed by atoms with E-state index < -0.39 is 0 Å². The van der Waals surface area contributed by atoms with Gasteiger partial charge in [-0.1, -0.05) is 25.7 Å². The van der Waals surface area contributed by atoms with Gasteiger partial charge in [0.2, 0.25) is 0 Å². The minimum Gasteiger partial charge on any atom is -0.381 e. The molecule has 0 radical (unpaired) electrons. The number of aryl methyl sites for hydroxylation is 1. The summed E-state index contributed by atoms with van der Waals surface area (Å²) in [7, 11) is 1.69. The van der Waals surface area contributed by atoms with Gasteiger partial charge in [-0.05, 0) is 12.8 Å².